The second-order valence-electron chi connectivity index (χ2n) is 6.37. The van der Waals surface area contributed by atoms with Crippen molar-refractivity contribution >= 4 is 6.08 Å². The lowest BCUT2D eigenvalue weighted by molar-refractivity contribution is -0.0243. The van der Waals surface area contributed by atoms with Crippen molar-refractivity contribution in [3.8, 4) is 0 Å². The molecule has 0 spiro atoms. The normalized spacial score (nSPS) is 20.9. The van der Waals surface area contributed by atoms with Crippen molar-refractivity contribution < 1.29 is 14.3 Å². The third kappa shape index (κ3) is 4.57. The molecule has 2 heterocycles. The number of hydrogen-bond acceptors (Lipinski definition) is 4. The van der Waals surface area contributed by atoms with E-state index in [2.05, 4.69) is 42.2 Å². The average molecular weight is 327 g/mol. The highest BCUT2D eigenvalue weighted by Crippen LogP contribution is 2.23. The van der Waals surface area contributed by atoms with Gasteiger partial charge in [-0.25, -0.2) is 0 Å². The fourth-order valence-electron chi connectivity index (χ4n) is 3.17. The summed E-state index contributed by atoms with van der Waals surface area (Å²) in [7, 11) is 0. The van der Waals surface area contributed by atoms with Crippen LogP contribution < -0.4 is 0 Å². The van der Waals surface area contributed by atoms with E-state index in [-0.39, 0.29) is 6.04 Å². The van der Waals surface area contributed by atoms with Crippen molar-refractivity contribution in [1.82, 2.24) is 4.90 Å². The number of nitrogens with zero attached hydrogens (tertiary/aromatic N) is 1. The molecule has 1 aliphatic rings. The quantitative estimate of drug-likeness (QED) is 0.882. The Morgan fingerprint density at radius 1 is 1.29 bits per heavy atom. The summed E-state index contributed by atoms with van der Waals surface area (Å²) in [5.74, 6) is 0.622. The Morgan fingerprint density at radius 2 is 2.12 bits per heavy atom. The van der Waals surface area contributed by atoms with Gasteiger partial charge in [-0.1, -0.05) is 42.0 Å². The topological polar surface area (TPSA) is 45.8 Å². The van der Waals surface area contributed by atoms with E-state index in [0.717, 1.165) is 19.7 Å². The summed E-state index contributed by atoms with van der Waals surface area (Å²) < 4.78 is 10.9. The number of aliphatic hydroxyl groups excluding tert-OH is 1. The largest absolute Gasteiger partial charge is 0.467 e. The van der Waals surface area contributed by atoms with Gasteiger partial charge in [-0.2, -0.15) is 0 Å². The van der Waals surface area contributed by atoms with Crippen LogP contribution in [0.5, 0.6) is 0 Å². The van der Waals surface area contributed by atoms with Crippen LogP contribution in [0.2, 0.25) is 0 Å². The molecule has 0 aliphatic carbocycles. The summed E-state index contributed by atoms with van der Waals surface area (Å²) in [6, 6.07) is 14.2. The first kappa shape index (κ1) is 17.0. The van der Waals surface area contributed by atoms with E-state index in [1.165, 1.54) is 11.1 Å². The molecular formula is C20H25NO3. The van der Waals surface area contributed by atoms with Crippen LogP contribution >= 0.6 is 0 Å². The molecule has 0 radical (unpaired) electrons. The summed E-state index contributed by atoms with van der Waals surface area (Å²) in [6.45, 7) is 5.31. The van der Waals surface area contributed by atoms with Crippen LogP contribution in [0.4, 0.5) is 0 Å². The van der Waals surface area contributed by atoms with Gasteiger partial charge in [0, 0.05) is 19.1 Å². The Bertz CT molecular complexity index is 636. The highest BCUT2D eigenvalue weighted by Gasteiger charge is 2.26. The van der Waals surface area contributed by atoms with Gasteiger partial charge in [-0.05, 0) is 31.0 Å². The Kier molecular flexibility index (Phi) is 5.86. The highest BCUT2D eigenvalue weighted by atomic mass is 16.5. The molecule has 1 fully saturated rings. The lowest BCUT2D eigenvalue weighted by Crippen LogP contribution is -2.46. The van der Waals surface area contributed by atoms with Crippen molar-refractivity contribution in [3.63, 3.8) is 0 Å². The molecule has 1 N–H and O–H groups in total. The monoisotopic (exact) mass is 327 g/mol. The van der Waals surface area contributed by atoms with Crippen LogP contribution in [0.1, 0.15) is 30.8 Å². The van der Waals surface area contributed by atoms with Gasteiger partial charge in [0.1, 0.15) is 11.9 Å². The van der Waals surface area contributed by atoms with E-state index in [9.17, 15) is 5.11 Å². The van der Waals surface area contributed by atoms with Crippen LogP contribution in [0.15, 0.2) is 58.7 Å². The molecule has 4 nitrogen and oxygen atoms in total. The minimum atomic E-state index is -0.590. The standard InChI is InChI=1S/C20H25NO3/c1-16(12-17-6-3-2-4-7-17)14-21-9-11-23-15-18(21)13-19(22)20-8-5-10-24-20/h2-8,10,12,18-19,22H,9,11,13-15H2,1H3/b16-12-. The number of ether oxygens (including phenoxy) is 1. The summed E-state index contributed by atoms with van der Waals surface area (Å²) in [4.78, 5) is 2.39. The minimum Gasteiger partial charge on any atom is -0.467 e. The maximum absolute atomic E-state index is 10.4. The minimum absolute atomic E-state index is 0.193. The van der Waals surface area contributed by atoms with E-state index in [1.807, 2.05) is 12.1 Å². The fourth-order valence-corrected chi connectivity index (χ4v) is 3.17. The Morgan fingerprint density at radius 3 is 2.88 bits per heavy atom. The third-order valence-corrected chi connectivity index (χ3v) is 4.38. The van der Waals surface area contributed by atoms with Gasteiger partial charge in [0.05, 0.1) is 19.5 Å². The summed E-state index contributed by atoms with van der Waals surface area (Å²) in [5, 5.41) is 10.4. The van der Waals surface area contributed by atoms with Crippen LogP contribution in [-0.2, 0) is 4.74 Å². The lowest BCUT2D eigenvalue weighted by Gasteiger charge is -2.36. The molecule has 1 saturated heterocycles. The average Bonchev–Trinajstić information content (AvgIpc) is 3.12. The zero-order chi connectivity index (χ0) is 16.8. The molecule has 4 heteroatoms. The predicted molar refractivity (Wildman–Crippen MR) is 94.6 cm³/mol. The van der Waals surface area contributed by atoms with Gasteiger partial charge in [0.2, 0.25) is 0 Å². The van der Waals surface area contributed by atoms with Crippen molar-refractivity contribution in [2.45, 2.75) is 25.5 Å². The third-order valence-electron chi connectivity index (χ3n) is 4.38. The number of furan rings is 1. The summed E-state index contributed by atoms with van der Waals surface area (Å²) >= 11 is 0. The number of aliphatic hydroxyl groups is 1. The van der Waals surface area contributed by atoms with E-state index in [0.29, 0.717) is 18.8 Å². The molecule has 24 heavy (non-hydrogen) atoms. The van der Waals surface area contributed by atoms with Crippen molar-refractivity contribution in [2.24, 2.45) is 0 Å². The van der Waals surface area contributed by atoms with Crippen molar-refractivity contribution in [2.75, 3.05) is 26.3 Å². The second kappa shape index (κ2) is 8.29. The number of morpholine rings is 1. The highest BCUT2D eigenvalue weighted by molar-refractivity contribution is 5.52. The van der Waals surface area contributed by atoms with E-state index in [4.69, 9.17) is 9.15 Å². The first-order valence-electron chi connectivity index (χ1n) is 8.48. The van der Waals surface area contributed by atoms with Gasteiger partial charge in [-0.15, -0.1) is 0 Å². The first-order valence-corrected chi connectivity index (χ1v) is 8.48. The van der Waals surface area contributed by atoms with Gasteiger partial charge >= 0.3 is 0 Å². The summed E-state index contributed by atoms with van der Waals surface area (Å²) in [6.07, 6.45) is 3.84. The molecule has 3 rings (SSSR count). The Labute approximate surface area is 143 Å². The van der Waals surface area contributed by atoms with Crippen LogP contribution in [0, 0.1) is 0 Å². The predicted octanol–water partition coefficient (Wildman–Crippen LogP) is 3.51. The Hall–Kier alpha value is -1.88. The molecule has 1 aromatic carbocycles. The number of hydrogen-bond donors (Lipinski definition) is 1. The Balaban J connectivity index is 1.63. The molecule has 2 unspecified atom stereocenters. The van der Waals surface area contributed by atoms with E-state index >= 15 is 0 Å². The molecule has 2 aromatic rings. The van der Waals surface area contributed by atoms with Gasteiger partial charge in [0.15, 0.2) is 0 Å². The molecule has 2 atom stereocenters. The van der Waals surface area contributed by atoms with E-state index in [1.54, 1.807) is 12.3 Å². The molecule has 0 saturated carbocycles. The van der Waals surface area contributed by atoms with Crippen LogP contribution in [0.3, 0.4) is 0 Å². The number of rotatable bonds is 6. The maximum Gasteiger partial charge on any atom is 0.132 e. The lowest BCUT2D eigenvalue weighted by atomic mass is 10.0. The van der Waals surface area contributed by atoms with Crippen LogP contribution in [0.25, 0.3) is 6.08 Å². The summed E-state index contributed by atoms with van der Waals surface area (Å²) in [5.41, 5.74) is 2.52. The molecule has 1 aliphatic heterocycles. The molecule has 0 bridgehead atoms. The zero-order valence-electron chi connectivity index (χ0n) is 14.1. The molecule has 0 amide bonds. The first-order chi connectivity index (χ1) is 11.7. The smallest absolute Gasteiger partial charge is 0.132 e. The maximum atomic E-state index is 10.4. The van der Waals surface area contributed by atoms with Crippen molar-refractivity contribution in [3.05, 3.63) is 65.6 Å². The number of benzene rings is 1. The molecular weight excluding hydrogens is 302 g/mol. The van der Waals surface area contributed by atoms with Gasteiger partial charge < -0.3 is 14.3 Å². The fraction of sp³-hybridized carbons (Fsp3) is 0.400. The zero-order valence-corrected chi connectivity index (χ0v) is 14.1. The SMILES string of the molecule is C/C(=C/c1ccccc1)CN1CCOCC1CC(O)c1ccco1. The van der Waals surface area contributed by atoms with Gasteiger partial charge in [-0.3, -0.25) is 4.90 Å². The van der Waals surface area contributed by atoms with Crippen molar-refractivity contribution in [1.29, 1.82) is 0 Å². The molecule has 1 aromatic heterocycles. The second-order valence-corrected chi connectivity index (χ2v) is 6.37. The van der Waals surface area contributed by atoms with Gasteiger partial charge in [0.25, 0.3) is 0 Å². The van der Waals surface area contributed by atoms with Crippen LogP contribution in [-0.4, -0.2) is 42.4 Å². The van der Waals surface area contributed by atoms with E-state index < -0.39 is 6.10 Å². The molecule has 128 valence electrons.